The van der Waals surface area contributed by atoms with Gasteiger partial charge >= 0.3 is 0 Å². The van der Waals surface area contributed by atoms with E-state index in [4.69, 9.17) is 0 Å². The van der Waals surface area contributed by atoms with Crippen LogP contribution in [0.1, 0.15) is 6.92 Å². The van der Waals surface area contributed by atoms with Crippen LogP contribution in [0.2, 0.25) is 0 Å². The zero-order chi connectivity index (χ0) is 13.2. The molecule has 1 aromatic carbocycles. The number of hydrogen-bond acceptors (Lipinski definition) is 5. The number of nitro groups is 1. The molecule has 0 aromatic heterocycles. The summed E-state index contributed by atoms with van der Waals surface area (Å²) < 4.78 is 23.4. The van der Waals surface area contributed by atoms with Gasteiger partial charge in [0.1, 0.15) is 0 Å². The maximum Gasteiger partial charge on any atom is 0.272 e. The van der Waals surface area contributed by atoms with Crippen LogP contribution >= 0.6 is 0 Å². The van der Waals surface area contributed by atoms with E-state index in [2.05, 4.69) is 0 Å². The number of rotatable bonds is 4. The van der Waals surface area contributed by atoms with Crippen LogP contribution in [0.5, 0.6) is 0 Å². The summed E-state index contributed by atoms with van der Waals surface area (Å²) in [6.07, 6.45) is 0. The van der Waals surface area contributed by atoms with Crippen LogP contribution in [0.3, 0.4) is 0 Å². The highest BCUT2D eigenvalue weighted by molar-refractivity contribution is 7.91. The van der Waals surface area contributed by atoms with Gasteiger partial charge in [-0.05, 0) is 6.07 Å². The normalized spacial score (nSPS) is 11.2. The summed E-state index contributed by atoms with van der Waals surface area (Å²) in [7, 11) is -0.0497. The lowest BCUT2D eigenvalue weighted by molar-refractivity contribution is -0.385. The molecule has 0 amide bonds. The fourth-order valence-electron chi connectivity index (χ4n) is 1.28. The molecule has 17 heavy (non-hydrogen) atoms. The maximum atomic E-state index is 11.7. The van der Waals surface area contributed by atoms with E-state index in [0.717, 1.165) is 6.07 Å². The maximum absolute atomic E-state index is 11.7. The van der Waals surface area contributed by atoms with Crippen LogP contribution in [0.4, 0.5) is 11.4 Å². The lowest BCUT2D eigenvalue weighted by atomic mass is 10.2. The van der Waals surface area contributed by atoms with Gasteiger partial charge in [0, 0.05) is 31.9 Å². The van der Waals surface area contributed by atoms with Crippen molar-refractivity contribution in [2.75, 3.05) is 24.7 Å². The summed E-state index contributed by atoms with van der Waals surface area (Å²) in [5.41, 5.74) is 0.273. The number of non-ortho nitro benzene ring substituents is 1. The van der Waals surface area contributed by atoms with Crippen molar-refractivity contribution in [2.24, 2.45) is 0 Å². The first-order valence-corrected chi connectivity index (χ1v) is 6.62. The highest BCUT2D eigenvalue weighted by atomic mass is 32.2. The van der Waals surface area contributed by atoms with Gasteiger partial charge in [-0.15, -0.1) is 0 Å². The Morgan fingerprint density at radius 1 is 1.29 bits per heavy atom. The van der Waals surface area contributed by atoms with E-state index >= 15 is 0 Å². The molecule has 0 bridgehead atoms. The Morgan fingerprint density at radius 3 is 2.29 bits per heavy atom. The largest absolute Gasteiger partial charge is 0.377 e. The summed E-state index contributed by atoms with van der Waals surface area (Å²) in [5.74, 6) is -0.0823. The van der Waals surface area contributed by atoms with E-state index in [1.165, 1.54) is 19.1 Å². The molecule has 0 aliphatic heterocycles. The molecule has 0 atom stereocenters. The third-order valence-electron chi connectivity index (χ3n) is 2.34. The van der Waals surface area contributed by atoms with E-state index in [1.807, 2.05) is 0 Å². The predicted molar refractivity (Wildman–Crippen MR) is 65.2 cm³/mol. The average Bonchev–Trinajstić information content (AvgIpc) is 2.28. The Morgan fingerprint density at radius 2 is 1.88 bits per heavy atom. The third-order valence-corrected chi connectivity index (χ3v) is 4.06. The van der Waals surface area contributed by atoms with Gasteiger partial charge in [0.2, 0.25) is 0 Å². The Hall–Kier alpha value is -1.63. The van der Waals surface area contributed by atoms with E-state index < -0.39 is 14.8 Å². The molecule has 0 N–H and O–H groups in total. The SMILES string of the molecule is CCS(=O)(=O)c1cc(N(C)C)cc([N+](=O)[O-])c1. The van der Waals surface area contributed by atoms with Gasteiger partial charge < -0.3 is 4.90 Å². The lowest BCUT2D eigenvalue weighted by Crippen LogP contribution is -2.11. The second-order valence-corrected chi connectivity index (χ2v) is 6.02. The number of anilines is 1. The van der Waals surface area contributed by atoms with Crippen LogP contribution < -0.4 is 4.90 Å². The molecular weight excluding hydrogens is 244 g/mol. The van der Waals surface area contributed by atoms with E-state index in [1.54, 1.807) is 19.0 Å². The summed E-state index contributed by atoms with van der Waals surface area (Å²) in [5, 5.41) is 10.7. The minimum Gasteiger partial charge on any atom is -0.377 e. The van der Waals surface area contributed by atoms with Crippen molar-refractivity contribution in [1.82, 2.24) is 0 Å². The van der Waals surface area contributed by atoms with Crippen molar-refractivity contribution in [3.05, 3.63) is 28.3 Å². The van der Waals surface area contributed by atoms with Gasteiger partial charge in [0.15, 0.2) is 9.84 Å². The molecule has 6 nitrogen and oxygen atoms in total. The van der Waals surface area contributed by atoms with Gasteiger partial charge in [0.05, 0.1) is 15.6 Å². The second kappa shape index (κ2) is 4.70. The van der Waals surface area contributed by atoms with Crippen LogP contribution in [0, 0.1) is 10.1 Å². The summed E-state index contributed by atoms with van der Waals surface area (Å²) in [6, 6.07) is 3.87. The molecule has 0 saturated heterocycles. The van der Waals surface area contributed by atoms with Crippen molar-refractivity contribution in [1.29, 1.82) is 0 Å². The van der Waals surface area contributed by atoms with Crippen LogP contribution in [0.15, 0.2) is 23.1 Å². The van der Waals surface area contributed by atoms with Crippen LogP contribution in [-0.4, -0.2) is 33.2 Å². The first-order chi connectivity index (χ1) is 7.77. The van der Waals surface area contributed by atoms with Gasteiger partial charge in [0.25, 0.3) is 5.69 Å². The predicted octanol–water partition coefficient (Wildman–Crippen LogP) is 1.45. The van der Waals surface area contributed by atoms with Crippen molar-refractivity contribution in [2.45, 2.75) is 11.8 Å². The molecule has 0 heterocycles. The first kappa shape index (κ1) is 13.4. The smallest absolute Gasteiger partial charge is 0.272 e. The lowest BCUT2D eigenvalue weighted by Gasteiger charge is -2.13. The quantitative estimate of drug-likeness (QED) is 0.603. The Labute approximate surface area is 99.9 Å². The zero-order valence-corrected chi connectivity index (χ0v) is 10.7. The number of nitro benzene ring substituents is 1. The molecule has 94 valence electrons. The van der Waals surface area contributed by atoms with Crippen molar-refractivity contribution < 1.29 is 13.3 Å². The molecule has 0 aliphatic carbocycles. The number of benzene rings is 1. The number of sulfone groups is 1. The zero-order valence-electron chi connectivity index (χ0n) is 9.87. The van der Waals surface area contributed by atoms with Crippen molar-refractivity contribution in [3.63, 3.8) is 0 Å². The van der Waals surface area contributed by atoms with Gasteiger partial charge in [-0.3, -0.25) is 10.1 Å². The Balaban J connectivity index is 3.47. The standard InChI is InChI=1S/C10H14N2O4S/c1-4-17(15,16)10-6-8(11(2)3)5-9(7-10)12(13)14/h5-7H,4H2,1-3H3. The molecule has 0 unspecified atom stereocenters. The summed E-state index contributed by atoms with van der Waals surface area (Å²) in [6.45, 7) is 1.50. The molecule has 0 spiro atoms. The van der Waals surface area contributed by atoms with Crippen molar-refractivity contribution in [3.8, 4) is 0 Å². The average molecular weight is 258 g/mol. The molecule has 1 aromatic rings. The molecule has 0 fully saturated rings. The Kier molecular flexibility index (Phi) is 3.72. The number of nitrogens with zero attached hydrogens (tertiary/aromatic N) is 2. The third kappa shape index (κ3) is 2.94. The minimum absolute atomic E-state index is 0.0158. The summed E-state index contributed by atoms with van der Waals surface area (Å²) in [4.78, 5) is 11.8. The second-order valence-electron chi connectivity index (χ2n) is 3.74. The van der Waals surface area contributed by atoms with Gasteiger partial charge in [-0.25, -0.2) is 8.42 Å². The fourth-order valence-corrected chi connectivity index (χ4v) is 2.21. The van der Waals surface area contributed by atoms with Crippen LogP contribution in [0.25, 0.3) is 0 Å². The highest BCUT2D eigenvalue weighted by Crippen LogP contribution is 2.26. The van der Waals surface area contributed by atoms with E-state index in [9.17, 15) is 18.5 Å². The molecule has 0 aliphatic rings. The first-order valence-electron chi connectivity index (χ1n) is 4.97. The molecule has 1 rings (SSSR count). The van der Waals surface area contributed by atoms with E-state index in [0.29, 0.717) is 5.69 Å². The van der Waals surface area contributed by atoms with Crippen LogP contribution in [-0.2, 0) is 9.84 Å². The van der Waals surface area contributed by atoms with Crippen molar-refractivity contribution >= 4 is 21.2 Å². The molecule has 7 heteroatoms. The molecule has 0 radical (unpaired) electrons. The van der Waals surface area contributed by atoms with Gasteiger partial charge in [-0.1, -0.05) is 6.92 Å². The number of hydrogen-bond donors (Lipinski definition) is 0. The topological polar surface area (TPSA) is 80.5 Å². The monoisotopic (exact) mass is 258 g/mol. The van der Waals surface area contributed by atoms with Gasteiger partial charge in [-0.2, -0.15) is 0 Å². The fraction of sp³-hybridized carbons (Fsp3) is 0.400. The van der Waals surface area contributed by atoms with E-state index in [-0.39, 0.29) is 16.3 Å². The minimum atomic E-state index is -3.44. The summed E-state index contributed by atoms with van der Waals surface area (Å²) >= 11 is 0. The molecule has 0 saturated carbocycles. The Bertz CT molecular complexity index is 537. The molecular formula is C10H14N2O4S. The highest BCUT2D eigenvalue weighted by Gasteiger charge is 2.18.